The maximum Gasteiger partial charge on any atom is 0.252 e. The Balaban J connectivity index is 2.24. The minimum Gasteiger partial charge on any atom is -0.206 e. The van der Waals surface area contributed by atoms with E-state index < -0.39 is 10.0 Å². The van der Waals surface area contributed by atoms with Crippen molar-refractivity contribution in [2.75, 3.05) is 6.54 Å². The van der Waals surface area contributed by atoms with Gasteiger partial charge in [-0.2, -0.15) is 4.31 Å². The zero-order chi connectivity index (χ0) is 13.2. The summed E-state index contributed by atoms with van der Waals surface area (Å²) in [7, 11) is -3.38. The van der Waals surface area contributed by atoms with Gasteiger partial charge in [-0.1, -0.05) is 24.6 Å². The molecule has 0 atom stereocenters. The van der Waals surface area contributed by atoms with Crippen molar-refractivity contribution in [1.29, 1.82) is 0 Å². The lowest BCUT2D eigenvalue weighted by atomic mass is 10.4. The van der Waals surface area contributed by atoms with Crippen LogP contribution in [0.25, 0.3) is 0 Å². The van der Waals surface area contributed by atoms with Crippen LogP contribution in [0.2, 0.25) is 4.34 Å². The Morgan fingerprint density at radius 1 is 1.33 bits per heavy atom. The second-order valence-corrected chi connectivity index (χ2v) is 8.48. The zero-order valence-electron chi connectivity index (χ0n) is 9.67. The van der Waals surface area contributed by atoms with Crippen LogP contribution in [-0.4, -0.2) is 19.3 Å². The van der Waals surface area contributed by atoms with Gasteiger partial charge in [0.25, 0.3) is 10.0 Å². The molecule has 0 aromatic carbocycles. The molecule has 0 saturated heterocycles. The molecule has 0 bridgehead atoms. The molecule has 0 aliphatic heterocycles. The lowest BCUT2D eigenvalue weighted by molar-refractivity contribution is 0.428. The molecule has 2 aromatic heterocycles. The van der Waals surface area contributed by atoms with Crippen LogP contribution in [0.15, 0.2) is 33.9 Å². The monoisotopic (exact) mass is 321 g/mol. The van der Waals surface area contributed by atoms with Gasteiger partial charge >= 0.3 is 0 Å². The average molecular weight is 322 g/mol. The van der Waals surface area contributed by atoms with Crippen molar-refractivity contribution in [2.45, 2.75) is 17.7 Å². The second-order valence-electron chi connectivity index (χ2n) is 3.57. The quantitative estimate of drug-likeness (QED) is 0.842. The molecule has 2 aromatic rings. The Hall–Kier alpha value is -0.400. The smallest absolute Gasteiger partial charge is 0.206 e. The van der Waals surface area contributed by atoms with Crippen molar-refractivity contribution in [3.63, 3.8) is 0 Å². The van der Waals surface area contributed by atoms with Crippen LogP contribution >= 0.6 is 34.3 Å². The highest BCUT2D eigenvalue weighted by Crippen LogP contribution is 2.26. The molecule has 0 spiro atoms. The van der Waals surface area contributed by atoms with E-state index in [-0.39, 0.29) is 0 Å². The van der Waals surface area contributed by atoms with Gasteiger partial charge in [0.05, 0.1) is 4.34 Å². The summed E-state index contributed by atoms with van der Waals surface area (Å²) in [4.78, 5) is 0.946. The summed E-state index contributed by atoms with van der Waals surface area (Å²) >= 11 is 8.50. The fraction of sp³-hybridized carbons (Fsp3) is 0.273. The van der Waals surface area contributed by atoms with Gasteiger partial charge in [0.2, 0.25) is 0 Å². The van der Waals surface area contributed by atoms with E-state index in [4.69, 9.17) is 11.6 Å². The first-order chi connectivity index (χ1) is 8.54. The van der Waals surface area contributed by atoms with Crippen molar-refractivity contribution in [3.8, 4) is 0 Å². The molecule has 0 aliphatic carbocycles. The van der Waals surface area contributed by atoms with E-state index in [9.17, 15) is 8.42 Å². The summed E-state index contributed by atoms with van der Waals surface area (Å²) in [5.41, 5.74) is 0. The largest absolute Gasteiger partial charge is 0.252 e. The Bertz CT molecular complexity index is 604. The molecule has 0 radical (unpaired) electrons. The van der Waals surface area contributed by atoms with E-state index >= 15 is 0 Å². The summed E-state index contributed by atoms with van der Waals surface area (Å²) in [5.74, 6) is 0. The van der Waals surface area contributed by atoms with Crippen molar-refractivity contribution in [1.82, 2.24) is 4.31 Å². The van der Waals surface area contributed by atoms with Crippen LogP contribution < -0.4 is 0 Å². The summed E-state index contributed by atoms with van der Waals surface area (Å²) in [5, 5.41) is 1.77. The second kappa shape index (κ2) is 5.71. The van der Waals surface area contributed by atoms with E-state index in [0.29, 0.717) is 21.6 Å². The molecular formula is C11H12ClNO2S3. The van der Waals surface area contributed by atoms with E-state index in [0.717, 1.165) is 4.88 Å². The third-order valence-electron chi connectivity index (χ3n) is 2.40. The van der Waals surface area contributed by atoms with E-state index in [1.165, 1.54) is 27.0 Å². The number of hydrogen-bond donors (Lipinski definition) is 0. The SMILES string of the molecule is CCN(Cc1ccc(Cl)s1)S(=O)(=O)c1cccs1. The number of sulfonamides is 1. The number of rotatable bonds is 5. The molecule has 0 unspecified atom stereocenters. The van der Waals surface area contributed by atoms with Crippen LogP contribution in [0.4, 0.5) is 0 Å². The molecule has 98 valence electrons. The Morgan fingerprint density at radius 3 is 2.61 bits per heavy atom. The van der Waals surface area contributed by atoms with E-state index in [1.54, 1.807) is 23.6 Å². The fourth-order valence-electron chi connectivity index (χ4n) is 1.51. The van der Waals surface area contributed by atoms with Gasteiger partial charge in [-0.3, -0.25) is 0 Å². The predicted octanol–water partition coefficient (Wildman–Crippen LogP) is 3.67. The minimum atomic E-state index is -3.38. The average Bonchev–Trinajstić information content (AvgIpc) is 2.96. The first kappa shape index (κ1) is 14.0. The van der Waals surface area contributed by atoms with Gasteiger partial charge in [-0.25, -0.2) is 8.42 Å². The normalized spacial score (nSPS) is 12.2. The summed E-state index contributed by atoms with van der Waals surface area (Å²) in [6.07, 6.45) is 0. The minimum absolute atomic E-state index is 0.369. The molecule has 2 heterocycles. The van der Waals surface area contributed by atoms with Gasteiger partial charge < -0.3 is 0 Å². The van der Waals surface area contributed by atoms with Gasteiger partial charge in [-0.15, -0.1) is 22.7 Å². The Labute approximate surface area is 120 Å². The highest BCUT2D eigenvalue weighted by molar-refractivity contribution is 7.91. The van der Waals surface area contributed by atoms with Crippen molar-refractivity contribution in [2.24, 2.45) is 0 Å². The molecule has 7 heteroatoms. The van der Waals surface area contributed by atoms with Crippen LogP contribution in [0.1, 0.15) is 11.8 Å². The molecule has 0 aliphatic rings. The summed E-state index contributed by atoms with van der Waals surface area (Å²) < 4.78 is 27.2. The molecule has 0 amide bonds. The maximum absolute atomic E-state index is 12.3. The highest BCUT2D eigenvalue weighted by atomic mass is 35.5. The standard InChI is InChI=1S/C11H12ClNO2S3/c1-2-13(8-9-5-6-10(12)17-9)18(14,15)11-4-3-7-16-11/h3-7H,2,8H2,1H3. The topological polar surface area (TPSA) is 37.4 Å². The summed E-state index contributed by atoms with van der Waals surface area (Å²) in [6, 6.07) is 7.02. The van der Waals surface area contributed by atoms with Crippen LogP contribution in [0.3, 0.4) is 0 Å². The molecule has 18 heavy (non-hydrogen) atoms. The van der Waals surface area contributed by atoms with E-state index in [1.807, 2.05) is 13.0 Å². The highest BCUT2D eigenvalue weighted by Gasteiger charge is 2.24. The Morgan fingerprint density at radius 2 is 2.11 bits per heavy atom. The first-order valence-electron chi connectivity index (χ1n) is 5.32. The molecule has 0 N–H and O–H groups in total. The van der Waals surface area contributed by atoms with Crippen LogP contribution in [-0.2, 0) is 16.6 Å². The molecule has 3 nitrogen and oxygen atoms in total. The number of halogens is 1. The lowest BCUT2D eigenvalue weighted by Gasteiger charge is -2.18. The number of hydrogen-bond acceptors (Lipinski definition) is 4. The van der Waals surface area contributed by atoms with Crippen LogP contribution in [0.5, 0.6) is 0 Å². The molecule has 0 fully saturated rings. The first-order valence-corrected chi connectivity index (χ1v) is 8.83. The predicted molar refractivity (Wildman–Crippen MR) is 76.9 cm³/mol. The van der Waals surface area contributed by atoms with Gasteiger partial charge in [0, 0.05) is 18.0 Å². The third-order valence-corrected chi connectivity index (χ3v) is 6.91. The van der Waals surface area contributed by atoms with Crippen molar-refractivity contribution < 1.29 is 8.42 Å². The molecule has 2 rings (SSSR count). The third kappa shape index (κ3) is 2.95. The van der Waals surface area contributed by atoms with Gasteiger partial charge in [-0.05, 0) is 23.6 Å². The van der Waals surface area contributed by atoms with Crippen molar-refractivity contribution >= 4 is 44.3 Å². The number of thiophene rings is 2. The number of nitrogens with zero attached hydrogens (tertiary/aromatic N) is 1. The van der Waals surface area contributed by atoms with Crippen molar-refractivity contribution in [3.05, 3.63) is 38.9 Å². The lowest BCUT2D eigenvalue weighted by Crippen LogP contribution is -2.29. The van der Waals surface area contributed by atoms with Crippen LogP contribution in [0, 0.1) is 0 Å². The van der Waals surface area contributed by atoms with Gasteiger partial charge in [0.1, 0.15) is 4.21 Å². The zero-order valence-corrected chi connectivity index (χ0v) is 12.9. The maximum atomic E-state index is 12.3. The molecular weight excluding hydrogens is 310 g/mol. The van der Waals surface area contributed by atoms with Gasteiger partial charge in [0.15, 0.2) is 0 Å². The summed E-state index contributed by atoms with van der Waals surface area (Å²) in [6.45, 7) is 2.64. The van der Waals surface area contributed by atoms with E-state index in [2.05, 4.69) is 0 Å². The fourth-order valence-corrected chi connectivity index (χ4v) is 5.27. The molecule has 0 saturated carbocycles. The Kier molecular flexibility index (Phi) is 4.45.